The first-order valence-electron chi connectivity index (χ1n) is 6.03. The fourth-order valence-corrected chi connectivity index (χ4v) is 1.67. The summed E-state index contributed by atoms with van der Waals surface area (Å²) in [6.07, 6.45) is 1.05. The lowest BCUT2D eigenvalue weighted by Crippen LogP contribution is -2.42. The molecule has 0 radical (unpaired) electrons. The zero-order valence-corrected chi connectivity index (χ0v) is 11.1. The number of nitrogens with zero attached hydrogens (tertiary/aromatic N) is 1. The van der Waals surface area contributed by atoms with Gasteiger partial charge >= 0.3 is 7.12 Å². The SMILES string of the molecule is CCC(C)(C)N(C)Cc1ccccc1B(O)O. The average Bonchev–Trinajstić information content (AvgIpc) is 2.29. The van der Waals surface area contributed by atoms with E-state index in [0.29, 0.717) is 12.0 Å². The minimum absolute atomic E-state index is 0.105. The molecule has 0 saturated carbocycles. The standard InChI is InChI=1S/C13H22BNO2/c1-5-13(2,3)15(4)10-11-8-6-7-9-12(11)14(16)17/h6-9,16-17H,5,10H2,1-4H3. The van der Waals surface area contributed by atoms with Crippen LogP contribution in [0.3, 0.4) is 0 Å². The molecule has 94 valence electrons. The third kappa shape index (κ3) is 3.56. The van der Waals surface area contributed by atoms with Crippen molar-refractivity contribution >= 4 is 12.6 Å². The largest absolute Gasteiger partial charge is 0.488 e. The molecule has 0 amide bonds. The maximum Gasteiger partial charge on any atom is 0.488 e. The molecule has 4 heteroatoms. The van der Waals surface area contributed by atoms with Crippen LogP contribution in [0.5, 0.6) is 0 Å². The van der Waals surface area contributed by atoms with Crippen LogP contribution in [0.15, 0.2) is 24.3 Å². The first-order chi connectivity index (χ1) is 7.88. The Morgan fingerprint density at radius 3 is 2.35 bits per heavy atom. The van der Waals surface area contributed by atoms with Crippen molar-refractivity contribution in [3.8, 4) is 0 Å². The maximum absolute atomic E-state index is 9.31. The van der Waals surface area contributed by atoms with Gasteiger partial charge in [-0.3, -0.25) is 4.90 Å². The van der Waals surface area contributed by atoms with Gasteiger partial charge in [0.25, 0.3) is 0 Å². The van der Waals surface area contributed by atoms with E-state index in [2.05, 4.69) is 32.7 Å². The van der Waals surface area contributed by atoms with Crippen LogP contribution in [0.25, 0.3) is 0 Å². The quantitative estimate of drug-likeness (QED) is 0.748. The van der Waals surface area contributed by atoms with Gasteiger partial charge in [0, 0.05) is 12.1 Å². The highest BCUT2D eigenvalue weighted by Crippen LogP contribution is 2.18. The molecule has 1 aromatic carbocycles. The molecule has 0 bridgehead atoms. The van der Waals surface area contributed by atoms with Crippen molar-refractivity contribution in [2.75, 3.05) is 7.05 Å². The molecule has 17 heavy (non-hydrogen) atoms. The van der Waals surface area contributed by atoms with Crippen LogP contribution in [-0.2, 0) is 6.54 Å². The fourth-order valence-electron chi connectivity index (χ4n) is 1.67. The van der Waals surface area contributed by atoms with Gasteiger partial charge in [0.2, 0.25) is 0 Å². The molecular weight excluding hydrogens is 213 g/mol. The highest BCUT2D eigenvalue weighted by molar-refractivity contribution is 6.59. The molecule has 2 N–H and O–H groups in total. The molecule has 0 spiro atoms. The van der Waals surface area contributed by atoms with Crippen molar-refractivity contribution in [3.63, 3.8) is 0 Å². The molecule has 0 atom stereocenters. The monoisotopic (exact) mass is 235 g/mol. The Kier molecular flexibility index (Phi) is 4.75. The summed E-state index contributed by atoms with van der Waals surface area (Å²) in [5, 5.41) is 18.6. The van der Waals surface area contributed by atoms with Gasteiger partial charge in [-0.25, -0.2) is 0 Å². The lowest BCUT2D eigenvalue weighted by molar-refractivity contribution is 0.143. The zero-order valence-electron chi connectivity index (χ0n) is 11.1. The average molecular weight is 235 g/mol. The van der Waals surface area contributed by atoms with E-state index in [9.17, 15) is 10.0 Å². The molecule has 0 aliphatic carbocycles. The molecule has 1 rings (SSSR count). The molecule has 0 aromatic heterocycles. The third-order valence-corrected chi connectivity index (χ3v) is 3.64. The molecule has 0 fully saturated rings. The van der Waals surface area contributed by atoms with Crippen LogP contribution in [0.4, 0.5) is 0 Å². The van der Waals surface area contributed by atoms with E-state index in [4.69, 9.17) is 0 Å². The van der Waals surface area contributed by atoms with Crippen molar-refractivity contribution < 1.29 is 10.0 Å². The summed E-state index contributed by atoms with van der Waals surface area (Å²) < 4.78 is 0. The van der Waals surface area contributed by atoms with E-state index in [1.54, 1.807) is 6.07 Å². The van der Waals surface area contributed by atoms with E-state index < -0.39 is 7.12 Å². The molecule has 0 saturated heterocycles. The predicted molar refractivity (Wildman–Crippen MR) is 72.1 cm³/mol. The van der Waals surface area contributed by atoms with Gasteiger partial charge in [0.1, 0.15) is 0 Å². The summed E-state index contributed by atoms with van der Waals surface area (Å²) in [5.41, 5.74) is 1.66. The predicted octanol–water partition coefficient (Wildman–Crippen LogP) is 0.987. The first-order valence-corrected chi connectivity index (χ1v) is 6.03. The second-order valence-corrected chi connectivity index (χ2v) is 5.09. The van der Waals surface area contributed by atoms with E-state index in [1.807, 2.05) is 18.2 Å². The van der Waals surface area contributed by atoms with Crippen LogP contribution < -0.4 is 5.46 Å². The van der Waals surface area contributed by atoms with Crippen molar-refractivity contribution in [1.29, 1.82) is 0 Å². The Labute approximate surface area is 104 Å². The Bertz CT molecular complexity index is 366. The summed E-state index contributed by atoms with van der Waals surface area (Å²) in [7, 11) is 0.661. The molecular formula is C13H22BNO2. The molecule has 1 aromatic rings. The second-order valence-electron chi connectivity index (χ2n) is 5.09. The molecule has 0 unspecified atom stereocenters. The second kappa shape index (κ2) is 5.67. The molecule has 0 heterocycles. The molecule has 0 aliphatic rings. The number of benzene rings is 1. The van der Waals surface area contributed by atoms with Crippen LogP contribution in [-0.4, -0.2) is 34.7 Å². The summed E-state index contributed by atoms with van der Waals surface area (Å²) in [6, 6.07) is 7.45. The number of hydrogen-bond donors (Lipinski definition) is 2. The maximum atomic E-state index is 9.31. The van der Waals surface area contributed by atoms with Gasteiger partial charge in [-0.05, 0) is 38.3 Å². The lowest BCUT2D eigenvalue weighted by Gasteiger charge is -2.35. The minimum atomic E-state index is -1.40. The highest BCUT2D eigenvalue weighted by Gasteiger charge is 2.23. The van der Waals surface area contributed by atoms with Gasteiger partial charge in [0.15, 0.2) is 0 Å². The summed E-state index contributed by atoms with van der Waals surface area (Å²) in [6.45, 7) is 7.24. The van der Waals surface area contributed by atoms with Crippen molar-refractivity contribution in [3.05, 3.63) is 29.8 Å². The van der Waals surface area contributed by atoms with Gasteiger partial charge in [0.05, 0.1) is 0 Å². The van der Waals surface area contributed by atoms with Crippen LogP contribution in [0.2, 0.25) is 0 Å². The third-order valence-electron chi connectivity index (χ3n) is 3.64. The van der Waals surface area contributed by atoms with E-state index in [1.165, 1.54) is 0 Å². The number of hydrogen-bond acceptors (Lipinski definition) is 3. The number of rotatable bonds is 5. The first kappa shape index (κ1) is 14.2. The van der Waals surface area contributed by atoms with E-state index >= 15 is 0 Å². The smallest absolute Gasteiger partial charge is 0.423 e. The summed E-state index contributed by atoms with van der Waals surface area (Å²) >= 11 is 0. The zero-order chi connectivity index (χ0) is 13.1. The van der Waals surface area contributed by atoms with Crippen LogP contribution in [0, 0.1) is 0 Å². The van der Waals surface area contributed by atoms with Gasteiger partial charge in [-0.2, -0.15) is 0 Å². The Balaban J connectivity index is 2.88. The minimum Gasteiger partial charge on any atom is -0.423 e. The normalized spacial score (nSPS) is 11.9. The van der Waals surface area contributed by atoms with Crippen molar-refractivity contribution in [1.82, 2.24) is 4.90 Å². The van der Waals surface area contributed by atoms with Crippen molar-refractivity contribution in [2.45, 2.75) is 39.3 Å². The van der Waals surface area contributed by atoms with E-state index in [-0.39, 0.29) is 5.54 Å². The molecule has 3 nitrogen and oxygen atoms in total. The Morgan fingerprint density at radius 2 is 1.82 bits per heavy atom. The Morgan fingerprint density at radius 1 is 1.24 bits per heavy atom. The van der Waals surface area contributed by atoms with Gasteiger partial charge < -0.3 is 10.0 Å². The Hall–Kier alpha value is -0.835. The summed E-state index contributed by atoms with van der Waals surface area (Å²) in [4.78, 5) is 2.23. The van der Waals surface area contributed by atoms with Gasteiger partial charge in [-0.1, -0.05) is 31.2 Å². The van der Waals surface area contributed by atoms with Crippen LogP contribution in [0.1, 0.15) is 32.8 Å². The van der Waals surface area contributed by atoms with Crippen LogP contribution >= 0.6 is 0 Å². The van der Waals surface area contributed by atoms with Gasteiger partial charge in [-0.15, -0.1) is 0 Å². The fraction of sp³-hybridized carbons (Fsp3) is 0.538. The summed E-state index contributed by atoms with van der Waals surface area (Å²) in [5.74, 6) is 0. The molecule has 0 aliphatic heterocycles. The van der Waals surface area contributed by atoms with E-state index in [0.717, 1.165) is 12.0 Å². The lowest BCUT2D eigenvalue weighted by atomic mass is 9.77. The topological polar surface area (TPSA) is 43.7 Å². The van der Waals surface area contributed by atoms with Crippen molar-refractivity contribution in [2.24, 2.45) is 0 Å². The highest BCUT2D eigenvalue weighted by atomic mass is 16.4.